The van der Waals surface area contributed by atoms with Crippen molar-refractivity contribution in [3.05, 3.63) is 57.6 Å². The minimum Gasteiger partial charge on any atom is -0.367 e. The minimum absolute atomic E-state index is 0. The van der Waals surface area contributed by atoms with Gasteiger partial charge in [-0.25, -0.2) is 17.6 Å². The van der Waals surface area contributed by atoms with E-state index in [9.17, 15) is 27.2 Å². The normalized spacial score (nSPS) is 21.8. The van der Waals surface area contributed by atoms with Crippen molar-refractivity contribution in [2.75, 3.05) is 75.2 Å². The first kappa shape index (κ1) is 53.1. The predicted octanol–water partition coefficient (Wildman–Crippen LogP) is 9.06. The van der Waals surface area contributed by atoms with Crippen LogP contribution in [0.3, 0.4) is 0 Å². The van der Waals surface area contributed by atoms with E-state index in [-0.39, 0.29) is 55.1 Å². The molecule has 2 aliphatic carbocycles. The van der Waals surface area contributed by atoms with Gasteiger partial charge in [-0.15, -0.1) is 24.8 Å². The highest BCUT2D eigenvalue weighted by atomic mass is 35.5. The molecule has 6 rings (SSSR count). The second kappa shape index (κ2) is 27.2. The molecule has 0 spiro atoms. The summed E-state index contributed by atoms with van der Waals surface area (Å²) >= 11 is 11.4. The summed E-state index contributed by atoms with van der Waals surface area (Å²) < 4.78 is 55.2. The summed E-state index contributed by atoms with van der Waals surface area (Å²) in [6, 6.07) is 9.78. The van der Waals surface area contributed by atoms with Crippen LogP contribution in [0.25, 0.3) is 0 Å². The summed E-state index contributed by atoms with van der Waals surface area (Å²) in [7, 11) is 0. The van der Waals surface area contributed by atoms with E-state index in [1.807, 2.05) is 15.9 Å². The monoisotopic (exact) mass is 948 g/mol. The van der Waals surface area contributed by atoms with E-state index >= 15 is 0 Å². The summed E-state index contributed by atoms with van der Waals surface area (Å²) in [4.78, 5) is 32.1. The molecule has 4 aliphatic rings. The summed E-state index contributed by atoms with van der Waals surface area (Å²) in [6.45, 7) is 8.19. The van der Waals surface area contributed by atoms with Crippen LogP contribution in [0.5, 0.6) is 0 Å². The van der Waals surface area contributed by atoms with Crippen molar-refractivity contribution >= 4 is 71.2 Å². The third kappa shape index (κ3) is 16.1. The standard InChI is InChI=1S/C23H31ClF2N4O.C21H27ClF2N4O.2ClH/c24-22-19(25)8-9-20(23(22)26)30-15-13-29(14-16-30)12-10-17-4-6-18(7-5-17)28-21(31)3-1-2-11-27;22-20-17(23)5-6-18(21(20)24)28-13-11-27(12-14-28)10-8-15-1-3-16(4-2-15)26-19(29)7-9-25;;/h8-9,17-18H,1-7,10,12-16H2,(H,28,31);5-6,15-16H,1-4,7-8,10-14H2,(H,26,29);2*1H. The lowest BCUT2D eigenvalue weighted by Crippen LogP contribution is -2.47. The smallest absolute Gasteiger partial charge is 0.234 e. The maximum Gasteiger partial charge on any atom is 0.234 e. The molecule has 2 saturated heterocycles. The van der Waals surface area contributed by atoms with Crippen molar-refractivity contribution in [3.8, 4) is 12.1 Å². The number of anilines is 2. The SMILES string of the molecule is Cl.Cl.N#CCC(=O)NC1CCC(CCN2CCN(c3ccc(F)c(Cl)c3F)CC2)CC1.N#CCCCC(=O)NC1CCC(CCN2CCN(c3ccc(F)c(Cl)c3F)CC2)CC1. The molecule has 10 nitrogen and oxygen atoms in total. The van der Waals surface area contributed by atoms with Gasteiger partial charge >= 0.3 is 0 Å². The fourth-order valence-electron chi connectivity index (χ4n) is 8.84. The highest BCUT2D eigenvalue weighted by molar-refractivity contribution is 6.31. The zero-order chi connectivity index (χ0) is 43.0. The average Bonchev–Trinajstić information content (AvgIpc) is 3.25. The highest BCUT2D eigenvalue weighted by Crippen LogP contribution is 2.32. The number of unbranched alkanes of at least 4 members (excludes halogenated alkanes) is 1. The van der Waals surface area contributed by atoms with E-state index in [4.69, 9.17) is 33.7 Å². The number of nitrogens with one attached hydrogen (secondary N) is 2. The first-order valence-electron chi connectivity index (χ1n) is 21.5. The van der Waals surface area contributed by atoms with Crippen molar-refractivity contribution in [2.24, 2.45) is 11.8 Å². The Morgan fingerprint density at radius 2 is 1.02 bits per heavy atom. The van der Waals surface area contributed by atoms with Gasteiger partial charge in [0.1, 0.15) is 28.1 Å². The molecular weight excluding hydrogens is 890 g/mol. The summed E-state index contributed by atoms with van der Waals surface area (Å²) in [5.74, 6) is -1.59. The van der Waals surface area contributed by atoms with Crippen LogP contribution in [0.2, 0.25) is 10.0 Å². The molecule has 2 amide bonds. The number of halogens is 8. The molecule has 2 aromatic carbocycles. The van der Waals surface area contributed by atoms with Crippen LogP contribution in [0.1, 0.15) is 89.9 Å². The molecule has 2 aliphatic heterocycles. The molecule has 344 valence electrons. The molecule has 0 radical (unpaired) electrons. The lowest BCUT2D eigenvalue weighted by molar-refractivity contribution is -0.122. The number of rotatable bonds is 14. The van der Waals surface area contributed by atoms with Gasteiger partial charge in [0.05, 0.1) is 23.5 Å². The molecule has 4 fully saturated rings. The van der Waals surface area contributed by atoms with Crippen LogP contribution in [-0.2, 0) is 9.59 Å². The Labute approximate surface area is 386 Å². The fraction of sp³-hybridized carbons (Fsp3) is 0.636. The van der Waals surface area contributed by atoms with Crippen LogP contribution in [0.4, 0.5) is 28.9 Å². The number of hydrogen-bond donors (Lipinski definition) is 2. The number of nitriles is 2. The van der Waals surface area contributed by atoms with Gasteiger partial charge < -0.3 is 20.4 Å². The molecule has 2 N–H and O–H groups in total. The van der Waals surface area contributed by atoms with Crippen LogP contribution in [-0.4, -0.2) is 99.1 Å². The number of piperazine rings is 2. The van der Waals surface area contributed by atoms with Crippen molar-refractivity contribution in [1.82, 2.24) is 20.4 Å². The summed E-state index contributed by atoms with van der Waals surface area (Å²) in [5, 5.41) is 22.3. The number of hydrogen-bond acceptors (Lipinski definition) is 8. The van der Waals surface area contributed by atoms with E-state index in [0.29, 0.717) is 68.7 Å². The number of benzene rings is 2. The second-order valence-electron chi connectivity index (χ2n) is 16.5. The maximum absolute atomic E-state index is 14.3. The molecule has 2 heterocycles. The Kier molecular flexibility index (Phi) is 23.3. The molecule has 0 atom stereocenters. The van der Waals surface area contributed by atoms with Gasteiger partial charge in [0, 0.05) is 77.3 Å². The van der Waals surface area contributed by atoms with Gasteiger partial charge in [0.15, 0.2) is 11.6 Å². The Morgan fingerprint density at radius 1 is 0.613 bits per heavy atom. The van der Waals surface area contributed by atoms with Crippen molar-refractivity contribution in [1.29, 1.82) is 10.5 Å². The molecule has 18 heteroatoms. The third-order valence-corrected chi connectivity index (χ3v) is 13.2. The van der Waals surface area contributed by atoms with Gasteiger partial charge in [-0.1, -0.05) is 23.2 Å². The first-order chi connectivity index (χ1) is 28.9. The van der Waals surface area contributed by atoms with Gasteiger partial charge in [-0.2, -0.15) is 10.5 Å². The molecule has 62 heavy (non-hydrogen) atoms. The average molecular weight is 951 g/mol. The predicted molar refractivity (Wildman–Crippen MR) is 241 cm³/mol. The van der Waals surface area contributed by atoms with Gasteiger partial charge in [0.25, 0.3) is 0 Å². The third-order valence-electron chi connectivity index (χ3n) is 12.5. The zero-order valence-electron chi connectivity index (χ0n) is 35.2. The second-order valence-corrected chi connectivity index (χ2v) is 17.3. The van der Waals surface area contributed by atoms with Crippen molar-refractivity contribution in [3.63, 3.8) is 0 Å². The molecule has 2 saturated carbocycles. The van der Waals surface area contributed by atoms with Gasteiger partial charge in [-0.3, -0.25) is 19.4 Å². The summed E-state index contributed by atoms with van der Waals surface area (Å²) in [5.41, 5.74) is 0.742. The van der Waals surface area contributed by atoms with E-state index in [1.54, 1.807) is 0 Å². The number of amides is 2. The van der Waals surface area contributed by atoms with Crippen molar-refractivity contribution in [2.45, 2.75) is 102 Å². The molecular formula is C44H60Cl4F4N8O2. The van der Waals surface area contributed by atoms with E-state index < -0.39 is 33.3 Å². The maximum atomic E-state index is 14.3. The number of carbonyl (C=O) groups is 2. The Balaban J connectivity index is 0.000000321. The molecule has 2 aromatic rings. The lowest BCUT2D eigenvalue weighted by atomic mass is 9.84. The number of nitrogens with zero attached hydrogens (tertiary/aromatic N) is 6. The number of carbonyl (C=O) groups excluding carboxylic acids is 2. The fourth-order valence-corrected chi connectivity index (χ4v) is 9.16. The Bertz CT molecular complexity index is 1810. The van der Waals surface area contributed by atoms with E-state index in [2.05, 4.69) is 26.5 Å². The highest BCUT2D eigenvalue weighted by Gasteiger charge is 2.27. The Morgan fingerprint density at radius 3 is 1.40 bits per heavy atom. The molecule has 0 aromatic heterocycles. The van der Waals surface area contributed by atoms with E-state index in [0.717, 1.165) is 103 Å². The van der Waals surface area contributed by atoms with Crippen molar-refractivity contribution < 1.29 is 27.2 Å². The lowest BCUT2D eigenvalue weighted by Gasteiger charge is -2.37. The van der Waals surface area contributed by atoms with Crippen LogP contribution in [0, 0.1) is 57.8 Å². The minimum atomic E-state index is -0.731. The van der Waals surface area contributed by atoms with Gasteiger partial charge in [-0.05, 0) is 120 Å². The molecule has 0 unspecified atom stereocenters. The molecule has 0 bridgehead atoms. The van der Waals surface area contributed by atoms with Crippen LogP contribution in [0.15, 0.2) is 24.3 Å². The van der Waals surface area contributed by atoms with Gasteiger partial charge in [0.2, 0.25) is 11.8 Å². The topological polar surface area (TPSA) is 119 Å². The summed E-state index contributed by atoms with van der Waals surface area (Å²) in [6.07, 6.45) is 12.1. The largest absolute Gasteiger partial charge is 0.367 e. The van der Waals surface area contributed by atoms with Crippen LogP contribution < -0.4 is 20.4 Å². The quantitative estimate of drug-likeness (QED) is 0.110. The van der Waals surface area contributed by atoms with Crippen LogP contribution >= 0.6 is 48.0 Å². The van der Waals surface area contributed by atoms with E-state index in [1.165, 1.54) is 24.3 Å². The zero-order valence-corrected chi connectivity index (χ0v) is 38.3. The Hall–Kier alpha value is -3.24. The first-order valence-corrected chi connectivity index (χ1v) is 22.3.